The molecule has 0 saturated carbocycles. The molecule has 0 aliphatic carbocycles. The van der Waals surface area contributed by atoms with Crippen LogP contribution in [-0.4, -0.2) is 23.2 Å². The number of anilines is 1. The Hall–Kier alpha value is -1.09. The van der Waals surface area contributed by atoms with Crippen LogP contribution < -0.4 is 4.90 Å². The number of nitrogens with zero attached hydrogens (tertiary/aromatic N) is 2. The molecule has 0 bridgehead atoms. The fraction of sp³-hybridized carbons (Fsp3) is 0.545. The maximum atomic E-state index is 9.57. The smallest absolute Gasteiger partial charge is 0.134 e. The van der Waals surface area contributed by atoms with Crippen molar-refractivity contribution in [3.63, 3.8) is 0 Å². The maximum Gasteiger partial charge on any atom is 0.134 e. The number of aliphatic hydroxyl groups excluding tert-OH is 1. The molecule has 0 aromatic carbocycles. The van der Waals surface area contributed by atoms with Crippen LogP contribution in [0.3, 0.4) is 0 Å². The summed E-state index contributed by atoms with van der Waals surface area (Å²) < 4.78 is 0. The maximum absolute atomic E-state index is 9.57. The molecular formula is C11H18N2O. The van der Waals surface area contributed by atoms with E-state index in [1.54, 1.807) is 13.1 Å². The monoisotopic (exact) mass is 194 g/mol. The molecule has 0 radical (unpaired) electrons. The minimum Gasteiger partial charge on any atom is -0.389 e. The average molecular weight is 194 g/mol. The van der Waals surface area contributed by atoms with Crippen LogP contribution in [0.15, 0.2) is 18.3 Å². The van der Waals surface area contributed by atoms with E-state index in [1.807, 2.05) is 19.2 Å². The molecule has 0 aliphatic heterocycles. The summed E-state index contributed by atoms with van der Waals surface area (Å²) in [5, 5.41) is 9.57. The Balaban J connectivity index is 3.06. The molecule has 0 aliphatic rings. The molecule has 0 amide bonds. The quantitative estimate of drug-likeness (QED) is 0.799. The van der Waals surface area contributed by atoms with Crippen molar-refractivity contribution in [3.8, 4) is 0 Å². The summed E-state index contributed by atoms with van der Waals surface area (Å²) in [5.41, 5.74) is 0.878. The molecule has 1 rings (SSSR count). The lowest BCUT2D eigenvalue weighted by atomic mass is 10.1. The van der Waals surface area contributed by atoms with E-state index in [9.17, 15) is 5.11 Å². The van der Waals surface area contributed by atoms with Gasteiger partial charge in [0, 0.05) is 24.8 Å². The Morgan fingerprint density at radius 1 is 1.36 bits per heavy atom. The van der Waals surface area contributed by atoms with Crippen molar-refractivity contribution in [1.29, 1.82) is 0 Å². The van der Waals surface area contributed by atoms with Gasteiger partial charge in [0.25, 0.3) is 0 Å². The van der Waals surface area contributed by atoms with E-state index in [-0.39, 0.29) is 0 Å². The highest BCUT2D eigenvalue weighted by atomic mass is 16.3. The zero-order valence-electron chi connectivity index (χ0n) is 9.23. The molecule has 78 valence electrons. The second kappa shape index (κ2) is 4.42. The molecule has 1 N–H and O–H groups in total. The summed E-state index contributed by atoms with van der Waals surface area (Å²) >= 11 is 0. The Bertz CT molecular complexity index is 297. The molecule has 0 saturated heterocycles. The van der Waals surface area contributed by atoms with Gasteiger partial charge >= 0.3 is 0 Å². The molecule has 1 heterocycles. The summed E-state index contributed by atoms with van der Waals surface area (Å²) in [7, 11) is 1.98. The van der Waals surface area contributed by atoms with Crippen molar-refractivity contribution in [3.05, 3.63) is 23.9 Å². The summed E-state index contributed by atoms with van der Waals surface area (Å²) in [6.45, 7) is 5.95. The first-order valence-electron chi connectivity index (χ1n) is 4.90. The third-order valence-corrected chi connectivity index (χ3v) is 2.38. The minimum absolute atomic E-state index is 0.377. The van der Waals surface area contributed by atoms with Crippen LogP contribution in [0.4, 0.5) is 5.82 Å². The second-order valence-electron chi connectivity index (χ2n) is 3.80. The number of pyridine rings is 1. The largest absolute Gasteiger partial charge is 0.389 e. The number of aliphatic hydroxyl groups is 1. The topological polar surface area (TPSA) is 36.4 Å². The van der Waals surface area contributed by atoms with E-state index < -0.39 is 6.10 Å². The predicted octanol–water partition coefficient (Wildman–Crippen LogP) is 1.98. The van der Waals surface area contributed by atoms with Crippen LogP contribution in [0.25, 0.3) is 0 Å². The lowest BCUT2D eigenvalue weighted by molar-refractivity contribution is 0.199. The van der Waals surface area contributed by atoms with Gasteiger partial charge in [-0.3, -0.25) is 0 Å². The molecule has 0 fully saturated rings. The van der Waals surface area contributed by atoms with E-state index in [0.717, 1.165) is 11.4 Å². The van der Waals surface area contributed by atoms with Crippen LogP contribution in [0, 0.1) is 0 Å². The van der Waals surface area contributed by atoms with Crippen molar-refractivity contribution < 1.29 is 5.11 Å². The Kier molecular flexibility index (Phi) is 3.47. The van der Waals surface area contributed by atoms with E-state index in [4.69, 9.17) is 0 Å². The van der Waals surface area contributed by atoms with E-state index >= 15 is 0 Å². The highest BCUT2D eigenvalue weighted by Gasteiger charge is 2.13. The van der Waals surface area contributed by atoms with Gasteiger partial charge in [-0.2, -0.15) is 0 Å². The Morgan fingerprint density at radius 2 is 2.00 bits per heavy atom. The standard InChI is InChI=1S/C11H18N2O/c1-8(2)13(4)11-10(9(3)14)6-5-7-12-11/h5-9,14H,1-4H3/t9-/m1/s1. The zero-order valence-corrected chi connectivity index (χ0v) is 9.23. The molecule has 0 unspecified atom stereocenters. The van der Waals surface area contributed by atoms with Gasteiger partial charge in [-0.15, -0.1) is 0 Å². The number of hydrogen-bond acceptors (Lipinski definition) is 3. The first-order valence-corrected chi connectivity index (χ1v) is 4.90. The van der Waals surface area contributed by atoms with E-state index in [0.29, 0.717) is 6.04 Å². The van der Waals surface area contributed by atoms with Gasteiger partial charge in [-0.1, -0.05) is 6.07 Å². The van der Waals surface area contributed by atoms with Crippen LogP contribution in [-0.2, 0) is 0 Å². The van der Waals surface area contributed by atoms with Crippen molar-refractivity contribution in [2.24, 2.45) is 0 Å². The SMILES string of the molecule is CC(C)N(C)c1ncccc1[C@@H](C)O. The molecular weight excluding hydrogens is 176 g/mol. The fourth-order valence-electron chi connectivity index (χ4n) is 1.27. The van der Waals surface area contributed by atoms with Gasteiger partial charge in [-0.25, -0.2) is 4.98 Å². The van der Waals surface area contributed by atoms with Gasteiger partial charge < -0.3 is 10.0 Å². The highest BCUT2D eigenvalue weighted by molar-refractivity contribution is 5.47. The lowest BCUT2D eigenvalue weighted by Gasteiger charge is -2.25. The third-order valence-electron chi connectivity index (χ3n) is 2.38. The van der Waals surface area contributed by atoms with Crippen LogP contribution in [0.1, 0.15) is 32.4 Å². The van der Waals surface area contributed by atoms with Gasteiger partial charge in [-0.05, 0) is 26.8 Å². The molecule has 0 spiro atoms. The normalized spacial score (nSPS) is 13.0. The number of aromatic nitrogens is 1. The summed E-state index contributed by atoms with van der Waals surface area (Å²) in [5.74, 6) is 0.859. The van der Waals surface area contributed by atoms with Crippen LogP contribution in [0.2, 0.25) is 0 Å². The van der Waals surface area contributed by atoms with Crippen molar-refractivity contribution in [2.75, 3.05) is 11.9 Å². The van der Waals surface area contributed by atoms with Gasteiger partial charge in [0.1, 0.15) is 5.82 Å². The number of rotatable bonds is 3. The Morgan fingerprint density at radius 3 is 2.50 bits per heavy atom. The van der Waals surface area contributed by atoms with E-state index in [1.165, 1.54) is 0 Å². The third kappa shape index (κ3) is 2.23. The fourth-order valence-corrected chi connectivity index (χ4v) is 1.27. The lowest BCUT2D eigenvalue weighted by Crippen LogP contribution is -2.27. The molecule has 3 nitrogen and oxygen atoms in total. The molecule has 1 aromatic heterocycles. The number of hydrogen-bond donors (Lipinski definition) is 1. The summed E-state index contributed by atoms with van der Waals surface area (Å²) in [4.78, 5) is 6.34. The van der Waals surface area contributed by atoms with Crippen molar-refractivity contribution >= 4 is 5.82 Å². The summed E-state index contributed by atoms with van der Waals surface area (Å²) in [6.07, 6.45) is 1.28. The van der Waals surface area contributed by atoms with Crippen LogP contribution in [0.5, 0.6) is 0 Å². The zero-order chi connectivity index (χ0) is 10.7. The summed E-state index contributed by atoms with van der Waals surface area (Å²) in [6, 6.07) is 4.13. The van der Waals surface area contributed by atoms with Gasteiger partial charge in [0.15, 0.2) is 0 Å². The molecule has 3 heteroatoms. The van der Waals surface area contributed by atoms with Crippen molar-refractivity contribution in [2.45, 2.75) is 32.9 Å². The highest BCUT2D eigenvalue weighted by Crippen LogP contribution is 2.23. The van der Waals surface area contributed by atoms with E-state index in [2.05, 4.69) is 23.7 Å². The van der Waals surface area contributed by atoms with Crippen LogP contribution >= 0.6 is 0 Å². The van der Waals surface area contributed by atoms with Crippen molar-refractivity contribution in [1.82, 2.24) is 4.98 Å². The second-order valence-corrected chi connectivity index (χ2v) is 3.80. The average Bonchev–Trinajstić information content (AvgIpc) is 2.16. The first-order chi connectivity index (χ1) is 6.54. The minimum atomic E-state index is -0.472. The molecule has 14 heavy (non-hydrogen) atoms. The van der Waals surface area contributed by atoms with Gasteiger partial charge in [0.2, 0.25) is 0 Å². The Labute approximate surface area is 85.4 Å². The molecule has 1 aromatic rings. The first kappa shape index (κ1) is 11.0. The molecule has 1 atom stereocenters. The predicted molar refractivity (Wildman–Crippen MR) is 58.4 cm³/mol. The van der Waals surface area contributed by atoms with Gasteiger partial charge in [0.05, 0.1) is 6.10 Å².